The molecule has 130 valence electrons. The largest absolute Gasteiger partial charge is 0.370 e. The maximum atomic E-state index is 13.4. The van der Waals surface area contributed by atoms with Crippen molar-refractivity contribution >= 4 is 16.9 Å². The van der Waals surface area contributed by atoms with E-state index in [-0.39, 0.29) is 5.82 Å². The van der Waals surface area contributed by atoms with E-state index in [1.165, 1.54) is 25.5 Å². The number of aliphatic imine (C=N–C) groups is 1. The minimum absolute atomic E-state index is 0.213. The van der Waals surface area contributed by atoms with Gasteiger partial charge in [-0.15, -0.1) is 0 Å². The number of nitrogens with two attached hydrogens (primary N) is 1. The van der Waals surface area contributed by atoms with E-state index in [1.807, 2.05) is 6.20 Å². The minimum atomic E-state index is -0.213. The van der Waals surface area contributed by atoms with E-state index < -0.39 is 0 Å². The predicted molar refractivity (Wildman–Crippen MR) is 96.7 cm³/mol. The summed E-state index contributed by atoms with van der Waals surface area (Å²) in [5, 5.41) is 4.09. The van der Waals surface area contributed by atoms with Crippen molar-refractivity contribution in [2.24, 2.45) is 10.7 Å². The predicted octanol–water partition coefficient (Wildman–Crippen LogP) is 2.24. The van der Waals surface area contributed by atoms with Crippen LogP contribution in [0.3, 0.4) is 0 Å². The number of halogens is 1. The van der Waals surface area contributed by atoms with Crippen molar-refractivity contribution in [2.45, 2.75) is 32.2 Å². The molecule has 0 bridgehead atoms. The number of hydrogen-bond acceptors (Lipinski definition) is 2. The molecule has 1 unspecified atom stereocenters. The van der Waals surface area contributed by atoms with Gasteiger partial charge >= 0.3 is 0 Å². The molecule has 3 rings (SSSR count). The van der Waals surface area contributed by atoms with Gasteiger partial charge in [0.25, 0.3) is 0 Å². The Bertz CT molecular complexity index is 708. The summed E-state index contributed by atoms with van der Waals surface area (Å²) >= 11 is 0. The van der Waals surface area contributed by atoms with E-state index in [9.17, 15) is 4.39 Å². The number of aromatic nitrogens is 1. The van der Waals surface area contributed by atoms with Gasteiger partial charge < -0.3 is 16.0 Å². The van der Waals surface area contributed by atoms with Crippen molar-refractivity contribution < 1.29 is 4.39 Å². The van der Waals surface area contributed by atoms with E-state index in [0.29, 0.717) is 18.5 Å². The molecule has 1 fully saturated rings. The Morgan fingerprint density at radius 3 is 3.21 bits per heavy atom. The molecule has 0 aliphatic carbocycles. The highest BCUT2D eigenvalue weighted by Gasteiger charge is 2.22. The molecule has 1 aliphatic rings. The molecule has 0 saturated carbocycles. The van der Waals surface area contributed by atoms with Gasteiger partial charge in [-0.25, -0.2) is 4.39 Å². The van der Waals surface area contributed by atoms with E-state index in [2.05, 4.69) is 27.1 Å². The Morgan fingerprint density at radius 1 is 1.50 bits per heavy atom. The lowest BCUT2D eigenvalue weighted by atomic mass is 10.1. The van der Waals surface area contributed by atoms with Crippen molar-refractivity contribution in [3.05, 3.63) is 35.8 Å². The van der Waals surface area contributed by atoms with Crippen molar-refractivity contribution in [1.29, 1.82) is 0 Å². The third-order valence-corrected chi connectivity index (χ3v) is 4.81. The second kappa shape index (κ2) is 7.66. The number of aromatic amines is 1. The maximum Gasteiger partial charge on any atom is 0.188 e. The average molecular weight is 331 g/mol. The summed E-state index contributed by atoms with van der Waals surface area (Å²) in [6.07, 6.45) is 5.14. The standard InChI is InChI=1S/C18H26FN5/c1-2-24-9-3-4-15(24)12-23-18(20)21-8-7-13-11-22-17-6-5-14(19)10-16(13)17/h5-6,10-11,15,22H,2-4,7-9,12H2,1H3,(H3,20,21,23). The van der Waals surface area contributed by atoms with Crippen LogP contribution in [0.1, 0.15) is 25.3 Å². The lowest BCUT2D eigenvalue weighted by Gasteiger charge is -2.20. The first-order valence-corrected chi connectivity index (χ1v) is 8.70. The second-order valence-electron chi connectivity index (χ2n) is 6.33. The number of nitrogens with zero attached hydrogens (tertiary/aromatic N) is 2. The van der Waals surface area contributed by atoms with Gasteiger partial charge in [0.05, 0.1) is 6.54 Å². The number of likely N-dealkylation sites (N-methyl/N-ethyl adjacent to an activating group) is 1. The number of guanidine groups is 1. The fourth-order valence-corrected chi connectivity index (χ4v) is 3.46. The van der Waals surface area contributed by atoms with Gasteiger partial charge in [0.2, 0.25) is 0 Å². The first-order valence-electron chi connectivity index (χ1n) is 8.70. The Balaban J connectivity index is 1.50. The zero-order chi connectivity index (χ0) is 16.9. The van der Waals surface area contributed by atoms with Gasteiger partial charge in [-0.05, 0) is 56.1 Å². The number of hydrogen-bond donors (Lipinski definition) is 3. The summed E-state index contributed by atoms with van der Waals surface area (Å²) in [6.45, 7) is 5.87. The Kier molecular flexibility index (Phi) is 5.35. The van der Waals surface area contributed by atoms with Crippen LogP contribution in [-0.4, -0.2) is 48.1 Å². The van der Waals surface area contributed by atoms with Crippen LogP contribution in [0.25, 0.3) is 10.9 Å². The summed E-state index contributed by atoms with van der Waals surface area (Å²) in [4.78, 5) is 10.1. The minimum Gasteiger partial charge on any atom is -0.370 e. The first kappa shape index (κ1) is 16.8. The molecule has 0 amide bonds. The number of likely N-dealkylation sites (tertiary alicyclic amines) is 1. The Morgan fingerprint density at radius 2 is 2.38 bits per heavy atom. The molecule has 5 nitrogen and oxygen atoms in total. The molecule has 6 heteroatoms. The maximum absolute atomic E-state index is 13.4. The summed E-state index contributed by atoms with van der Waals surface area (Å²) in [5.41, 5.74) is 8.00. The molecular weight excluding hydrogens is 305 g/mol. The summed E-state index contributed by atoms with van der Waals surface area (Å²) < 4.78 is 13.4. The molecule has 1 atom stereocenters. The molecule has 1 aromatic carbocycles. The lowest BCUT2D eigenvalue weighted by molar-refractivity contribution is 0.273. The van der Waals surface area contributed by atoms with E-state index in [0.717, 1.165) is 36.0 Å². The van der Waals surface area contributed by atoms with Crippen LogP contribution < -0.4 is 11.1 Å². The third-order valence-electron chi connectivity index (χ3n) is 4.81. The van der Waals surface area contributed by atoms with Crippen molar-refractivity contribution in [3.63, 3.8) is 0 Å². The highest BCUT2D eigenvalue weighted by Crippen LogP contribution is 2.19. The molecule has 1 aliphatic heterocycles. The summed E-state index contributed by atoms with van der Waals surface area (Å²) in [6, 6.07) is 5.32. The number of H-pyrrole nitrogens is 1. The van der Waals surface area contributed by atoms with Gasteiger partial charge in [-0.2, -0.15) is 0 Å². The van der Waals surface area contributed by atoms with Crippen molar-refractivity contribution in [3.8, 4) is 0 Å². The summed E-state index contributed by atoms with van der Waals surface area (Å²) in [5.74, 6) is 0.276. The van der Waals surface area contributed by atoms with Crippen LogP contribution in [0.2, 0.25) is 0 Å². The zero-order valence-corrected chi connectivity index (χ0v) is 14.2. The van der Waals surface area contributed by atoms with Crippen LogP contribution in [0, 0.1) is 5.82 Å². The van der Waals surface area contributed by atoms with Gasteiger partial charge in [0.1, 0.15) is 5.82 Å². The van der Waals surface area contributed by atoms with Gasteiger partial charge in [-0.3, -0.25) is 9.89 Å². The molecule has 0 spiro atoms. The fourth-order valence-electron chi connectivity index (χ4n) is 3.46. The summed E-state index contributed by atoms with van der Waals surface area (Å²) in [7, 11) is 0. The quantitative estimate of drug-likeness (QED) is 0.562. The van der Waals surface area contributed by atoms with Gasteiger partial charge in [0.15, 0.2) is 5.96 Å². The normalized spacial score (nSPS) is 19.2. The number of benzene rings is 1. The molecule has 2 aromatic rings. The van der Waals surface area contributed by atoms with Crippen molar-refractivity contribution in [1.82, 2.24) is 15.2 Å². The monoisotopic (exact) mass is 331 g/mol. The highest BCUT2D eigenvalue weighted by molar-refractivity contribution is 5.83. The molecule has 24 heavy (non-hydrogen) atoms. The Hall–Kier alpha value is -2.08. The molecule has 2 heterocycles. The lowest BCUT2D eigenvalue weighted by Crippen LogP contribution is -2.36. The average Bonchev–Trinajstić information content (AvgIpc) is 3.19. The number of nitrogens with one attached hydrogen (secondary N) is 2. The highest BCUT2D eigenvalue weighted by atomic mass is 19.1. The smallest absolute Gasteiger partial charge is 0.188 e. The number of fused-ring (bicyclic) bond motifs is 1. The SMILES string of the molecule is CCN1CCCC1CN=C(N)NCCc1c[nH]c2ccc(F)cc12. The third kappa shape index (κ3) is 3.87. The number of rotatable bonds is 6. The molecule has 1 aromatic heterocycles. The van der Waals surface area contributed by atoms with Crippen LogP contribution in [0.15, 0.2) is 29.4 Å². The van der Waals surface area contributed by atoms with Crippen LogP contribution in [0.5, 0.6) is 0 Å². The van der Waals surface area contributed by atoms with E-state index >= 15 is 0 Å². The van der Waals surface area contributed by atoms with Crippen molar-refractivity contribution in [2.75, 3.05) is 26.2 Å². The first-order chi connectivity index (χ1) is 11.7. The Labute approximate surface area is 142 Å². The molecule has 4 N–H and O–H groups in total. The van der Waals surface area contributed by atoms with E-state index in [4.69, 9.17) is 5.73 Å². The van der Waals surface area contributed by atoms with Crippen LogP contribution >= 0.6 is 0 Å². The zero-order valence-electron chi connectivity index (χ0n) is 14.2. The van der Waals surface area contributed by atoms with Gasteiger partial charge in [-0.1, -0.05) is 6.92 Å². The van der Waals surface area contributed by atoms with Crippen LogP contribution in [0.4, 0.5) is 4.39 Å². The van der Waals surface area contributed by atoms with Gasteiger partial charge in [0, 0.05) is 29.7 Å². The molecular formula is C18H26FN5. The van der Waals surface area contributed by atoms with Crippen LogP contribution in [-0.2, 0) is 6.42 Å². The molecule has 1 saturated heterocycles. The van der Waals surface area contributed by atoms with E-state index in [1.54, 1.807) is 12.1 Å². The molecule has 0 radical (unpaired) electrons. The topological polar surface area (TPSA) is 69.4 Å². The fraction of sp³-hybridized carbons (Fsp3) is 0.500. The second-order valence-corrected chi connectivity index (χ2v) is 6.33.